The van der Waals surface area contributed by atoms with Crippen LogP contribution in [0.5, 0.6) is 0 Å². The predicted octanol–water partition coefficient (Wildman–Crippen LogP) is 4.17. The van der Waals surface area contributed by atoms with E-state index in [1.807, 2.05) is 0 Å². The van der Waals surface area contributed by atoms with Gasteiger partial charge in [-0.05, 0) is 6.92 Å². The fraction of sp³-hybridized carbons (Fsp3) is 0.467. The van der Waals surface area contributed by atoms with Crippen LogP contribution in [-0.2, 0) is 27.2 Å². The van der Waals surface area contributed by atoms with E-state index in [1.54, 1.807) is 0 Å². The van der Waals surface area contributed by atoms with E-state index in [0.29, 0.717) is 12.1 Å². The fourth-order valence-electron chi connectivity index (χ4n) is 1.94. The maximum atomic E-state index is 13.5. The molecule has 0 bridgehead atoms. The first-order chi connectivity index (χ1) is 12.0. The van der Waals surface area contributed by atoms with Crippen molar-refractivity contribution in [3.63, 3.8) is 0 Å². The summed E-state index contributed by atoms with van der Waals surface area (Å²) < 4.78 is 106. The monoisotopic (exact) mass is 599 g/mol. The van der Waals surface area contributed by atoms with E-state index < -0.39 is 35.0 Å². The summed E-state index contributed by atoms with van der Waals surface area (Å²) in [7, 11) is 1.20. The van der Waals surface area contributed by atoms with Crippen LogP contribution in [0, 0.1) is 6.08 Å². The Bertz CT molecular complexity index is 783. The third-order valence-corrected chi connectivity index (χ3v) is 3.17. The molecule has 13 heteroatoms. The van der Waals surface area contributed by atoms with Crippen LogP contribution in [-0.4, -0.2) is 49.2 Å². The van der Waals surface area contributed by atoms with Gasteiger partial charge >= 0.3 is 23.6 Å². The summed E-state index contributed by atoms with van der Waals surface area (Å²) in [6.45, 7) is 3.00. The summed E-state index contributed by atoms with van der Waals surface area (Å²) in [5, 5.41) is 11.6. The van der Waals surface area contributed by atoms with Gasteiger partial charge in [-0.3, -0.25) is 14.6 Å². The average Bonchev–Trinajstić information content (AvgIpc) is 2.88. The van der Waals surface area contributed by atoms with Crippen LogP contribution in [0.25, 0.3) is 5.57 Å². The standard InChI is InChI=1S/C10H5F8N2.C5H8O2.Ir/c1-20-3-2-6(19-20)5-4-7(11,12)9(15,16)10(17,18)8(5,13)14;1-4(6)3-5(2)7;/h2-3H,1H3;3,6H,1-2H3;/q-1;;/p+1/b;4-3-;. The number of aliphatic hydroxyl groups excluding tert-OH is 1. The quantitative estimate of drug-likeness (QED) is 0.183. The molecule has 1 radical (unpaired) electrons. The molecule has 161 valence electrons. The summed E-state index contributed by atoms with van der Waals surface area (Å²) in [6, 6.07) is 0.714. The molecule has 0 aliphatic heterocycles. The number of alkyl halides is 8. The number of aliphatic hydroxyl groups is 1. The second-order valence-electron chi connectivity index (χ2n) is 5.60. The molecule has 2 N–H and O–H groups in total. The molecular weight excluding hydrogens is 584 g/mol. The number of carbonyl (C=O) groups excluding carboxylic acids is 1. The number of hydrogen-bond acceptors (Lipinski definition) is 2. The molecular formula is C15H14F8IrN2O2. The Kier molecular flexibility index (Phi) is 7.80. The maximum Gasteiger partial charge on any atom is 0.378 e. The number of aromatic nitrogens is 2. The van der Waals surface area contributed by atoms with Gasteiger partial charge in [0.25, 0.3) is 5.92 Å². The van der Waals surface area contributed by atoms with Gasteiger partial charge in [-0.1, -0.05) is 11.8 Å². The molecule has 1 heterocycles. The zero-order valence-corrected chi connectivity index (χ0v) is 16.8. The van der Waals surface area contributed by atoms with Crippen molar-refractivity contribution in [1.82, 2.24) is 9.78 Å². The summed E-state index contributed by atoms with van der Waals surface area (Å²) >= 11 is 0. The van der Waals surface area contributed by atoms with Crippen LogP contribution in [0.2, 0.25) is 0 Å². The Morgan fingerprint density at radius 2 is 1.61 bits per heavy atom. The third-order valence-electron chi connectivity index (χ3n) is 3.17. The number of halogens is 8. The summed E-state index contributed by atoms with van der Waals surface area (Å²) in [5.74, 6) is -23.4. The third kappa shape index (κ3) is 4.62. The Morgan fingerprint density at radius 3 is 1.93 bits per heavy atom. The van der Waals surface area contributed by atoms with Crippen LogP contribution >= 0.6 is 0 Å². The smallest absolute Gasteiger partial charge is 0.378 e. The number of ketones is 1. The first-order valence-electron chi connectivity index (χ1n) is 7.04. The molecule has 0 saturated heterocycles. The fourth-order valence-corrected chi connectivity index (χ4v) is 1.94. The largest absolute Gasteiger partial charge is 0.512 e. The first kappa shape index (κ1) is 26.2. The Labute approximate surface area is 167 Å². The number of rotatable bonds is 2. The van der Waals surface area contributed by atoms with Gasteiger partial charge in [0.05, 0.1) is 18.8 Å². The van der Waals surface area contributed by atoms with Crippen molar-refractivity contribution in [3.8, 4) is 0 Å². The van der Waals surface area contributed by atoms with Gasteiger partial charge in [0, 0.05) is 33.3 Å². The minimum absolute atomic E-state index is 0. The molecule has 0 unspecified atom stereocenters. The van der Waals surface area contributed by atoms with Crippen molar-refractivity contribution in [2.24, 2.45) is 7.05 Å². The van der Waals surface area contributed by atoms with E-state index in [2.05, 4.69) is 5.10 Å². The van der Waals surface area contributed by atoms with Gasteiger partial charge in [-0.2, -0.15) is 32.4 Å². The van der Waals surface area contributed by atoms with Crippen molar-refractivity contribution in [1.29, 1.82) is 0 Å². The second kappa shape index (κ2) is 8.32. The van der Waals surface area contributed by atoms with Gasteiger partial charge in [0.1, 0.15) is 0 Å². The molecule has 1 aromatic rings. The molecule has 0 amide bonds. The summed E-state index contributed by atoms with van der Waals surface area (Å²) in [6.07, 6.45) is 2.77. The van der Waals surface area contributed by atoms with E-state index >= 15 is 0 Å². The van der Waals surface area contributed by atoms with Crippen LogP contribution in [0.3, 0.4) is 0 Å². The maximum absolute atomic E-state index is 13.5. The average molecular weight is 598 g/mol. The Morgan fingerprint density at radius 1 is 1.11 bits per heavy atom. The van der Waals surface area contributed by atoms with Gasteiger partial charge < -0.3 is 5.11 Å². The molecule has 1 aliphatic carbocycles. The molecule has 0 aromatic carbocycles. The van der Waals surface area contributed by atoms with Crippen LogP contribution in [0.4, 0.5) is 35.1 Å². The SMILES string of the molecule is CC(=[OH+])/C=C(/C)O.Cn1ccc(C2=[C-]C(F)(F)C(F)(F)C(F)(F)C2(F)F)n1.[Ir]. The summed E-state index contributed by atoms with van der Waals surface area (Å²) in [4.78, 5) is 8.40. The predicted molar refractivity (Wildman–Crippen MR) is 78.6 cm³/mol. The van der Waals surface area contributed by atoms with E-state index in [-0.39, 0.29) is 31.6 Å². The summed E-state index contributed by atoms with van der Waals surface area (Å²) in [5.41, 5.74) is -3.04. The minimum Gasteiger partial charge on any atom is -0.512 e. The normalized spacial score (nSPS) is 21.5. The van der Waals surface area contributed by atoms with Crippen LogP contribution in [0.1, 0.15) is 19.5 Å². The minimum atomic E-state index is -6.28. The van der Waals surface area contributed by atoms with Crippen molar-refractivity contribution >= 4 is 11.4 Å². The molecule has 0 fully saturated rings. The molecule has 2 rings (SSSR count). The van der Waals surface area contributed by atoms with Crippen molar-refractivity contribution < 1.29 is 65.1 Å². The van der Waals surface area contributed by atoms with Crippen molar-refractivity contribution in [2.75, 3.05) is 0 Å². The topological polar surface area (TPSA) is 59.4 Å². The molecule has 0 saturated carbocycles. The molecule has 0 atom stereocenters. The zero-order chi connectivity index (χ0) is 21.4. The Hall–Kier alpha value is -1.75. The number of hydrogen-bond donors (Lipinski definition) is 1. The van der Waals surface area contributed by atoms with Gasteiger partial charge in [-0.15, -0.1) is 5.57 Å². The second-order valence-corrected chi connectivity index (χ2v) is 5.60. The number of nitrogens with zero attached hydrogens (tertiary/aromatic N) is 2. The molecule has 0 spiro atoms. The molecule has 4 nitrogen and oxygen atoms in total. The van der Waals surface area contributed by atoms with E-state index in [9.17, 15) is 35.1 Å². The van der Waals surface area contributed by atoms with Gasteiger partial charge in [-0.25, -0.2) is 8.78 Å². The molecule has 1 aromatic heterocycles. The van der Waals surface area contributed by atoms with Crippen LogP contribution in [0.15, 0.2) is 24.1 Å². The Balaban J connectivity index is 0.000000786. The van der Waals surface area contributed by atoms with E-state index in [1.165, 1.54) is 27.0 Å². The number of allylic oxidation sites excluding steroid dienone is 4. The van der Waals surface area contributed by atoms with Crippen LogP contribution < -0.4 is 0 Å². The van der Waals surface area contributed by atoms with Gasteiger partial charge in [0.15, 0.2) is 0 Å². The van der Waals surface area contributed by atoms with E-state index in [4.69, 9.17) is 9.90 Å². The zero-order valence-electron chi connectivity index (χ0n) is 14.4. The molecule has 1 aliphatic rings. The van der Waals surface area contributed by atoms with Crippen molar-refractivity contribution in [3.05, 3.63) is 35.9 Å². The molecule has 28 heavy (non-hydrogen) atoms. The van der Waals surface area contributed by atoms with Gasteiger partial charge in [0.2, 0.25) is 0 Å². The van der Waals surface area contributed by atoms with Crippen molar-refractivity contribution in [2.45, 2.75) is 37.5 Å². The number of aryl methyl sites for hydroxylation is 1. The van der Waals surface area contributed by atoms with E-state index in [0.717, 1.165) is 10.9 Å². The first-order valence-corrected chi connectivity index (χ1v) is 7.04.